The van der Waals surface area contributed by atoms with Crippen LogP contribution in [0.15, 0.2) is 24.3 Å². The van der Waals surface area contributed by atoms with Gasteiger partial charge < -0.3 is 0 Å². The predicted octanol–water partition coefficient (Wildman–Crippen LogP) is 3.00. The van der Waals surface area contributed by atoms with Gasteiger partial charge in [-0.25, -0.2) is 4.39 Å². The molecule has 1 fully saturated rings. The third-order valence-corrected chi connectivity index (χ3v) is 7.82. The third kappa shape index (κ3) is 3.31. The van der Waals surface area contributed by atoms with E-state index in [0.29, 0.717) is 17.1 Å². The standard InChI is InChI=1S/C14H19FO2S2/c1-14(2,3)11-8-18(16)13(19(17)9-11)10-4-6-12(15)7-5-10/h4-7,11,13H,8-9H2,1-3H3. The molecule has 1 heterocycles. The largest absolute Gasteiger partial charge is 0.258 e. The van der Waals surface area contributed by atoms with Crippen LogP contribution in [0.4, 0.5) is 4.39 Å². The lowest BCUT2D eigenvalue weighted by Gasteiger charge is -2.35. The van der Waals surface area contributed by atoms with Gasteiger partial charge in [0.2, 0.25) is 0 Å². The minimum Gasteiger partial charge on any atom is -0.258 e. The van der Waals surface area contributed by atoms with Crippen LogP contribution in [0.1, 0.15) is 30.9 Å². The molecule has 2 atom stereocenters. The SMILES string of the molecule is CC(C)(C)C1CS(=O)C(c2ccc(F)cc2)S(=O)C1. The molecular formula is C14H19FO2S2. The summed E-state index contributed by atoms with van der Waals surface area (Å²) in [7, 11) is -2.33. The molecule has 1 saturated heterocycles. The molecule has 0 spiro atoms. The summed E-state index contributed by atoms with van der Waals surface area (Å²) in [6, 6.07) is 5.85. The zero-order valence-electron chi connectivity index (χ0n) is 11.4. The first-order valence-corrected chi connectivity index (χ1v) is 9.05. The highest BCUT2D eigenvalue weighted by Crippen LogP contribution is 2.37. The van der Waals surface area contributed by atoms with Gasteiger partial charge in [0.05, 0.1) is 0 Å². The fraction of sp³-hybridized carbons (Fsp3) is 0.571. The zero-order chi connectivity index (χ0) is 14.2. The molecule has 1 aromatic rings. The van der Waals surface area contributed by atoms with Crippen molar-refractivity contribution >= 4 is 21.6 Å². The number of halogens is 1. The van der Waals surface area contributed by atoms with E-state index >= 15 is 0 Å². The van der Waals surface area contributed by atoms with Gasteiger partial charge in [0.1, 0.15) is 10.4 Å². The maximum Gasteiger partial charge on any atom is 0.135 e. The summed E-state index contributed by atoms with van der Waals surface area (Å²) in [5.41, 5.74) is 0.726. The van der Waals surface area contributed by atoms with E-state index in [9.17, 15) is 12.8 Å². The van der Waals surface area contributed by atoms with E-state index in [1.165, 1.54) is 12.1 Å². The Morgan fingerprint density at radius 3 is 1.95 bits per heavy atom. The first-order chi connectivity index (χ1) is 8.79. The van der Waals surface area contributed by atoms with Crippen LogP contribution in [0.5, 0.6) is 0 Å². The molecule has 1 aliphatic heterocycles. The highest BCUT2D eigenvalue weighted by Gasteiger charge is 2.39. The molecule has 0 amide bonds. The van der Waals surface area contributed by atoms with Gasteiger partial charge in [-0.3, -0.25) is 8.42 Å². The molecule has 1 aromatic carbocycles. The zero-order valence-corrected chi connectivity index (χ0v) is 13.0. The Labute approximate surface area is 118 Å². The number of rotatable bonds is 1. The van der Waals surface area contributed by atoms with Crippen LogP contribution in [-0.2, 0) is 21.6 Å². The molecule has 0 saturated carbocycles. The second kappa shape index (κ2) is 5.44. The van der Waals surface area contributed by atoms with Gasteiger partial charge in [-0.2, -0.15) is 0 Å². The van der Waals surface area contributed by atoms with Crippen LogP contribution < -0.4 is 0 Å². The molecule has 106 valence electrons. The molecule has 0 N–H and O–H groups in total. The maximum absolute atomic E-state index is 12.9. The van der Waals surface area contributed by atoms with Crippen molar-refractivity contribution in [1.82, 2.24) is 0 Å². The molecule has 1 aliphatic rings. The quantitative estimate of drug-likeness (QED) is 0.799. The highest BCUT2D eigenvalue weighted by atomic mass is 32.2. The van der Waals surface area contributed by atoms with Crippen molar-refractivity contribution in [3.8, 4) is 0 Å². The second-order valence-corrected chi connectivity index (χ2v) is 9.47. The summed E-state index contributed by atoms with van der Waals surface area (Å²) in [5, 5.41) is 0. The second-order valence-electron chi connectivity index (χ2n) is 6.04. The van der Waals surface area contributed by atoms with Crippen molar-refractivity contribution in [1.29, 1.82) is 0 Å². The molecule has 2 unspecified atom stereocenters. The molecule has 19 heavy (non-hydrogen) atoms. The van der Waals surface area contributed by atoms with E-state index in [2.05, 4.69) is 20.8 Å². The number of hydrogen-bond donors (Lipinski definition) is 0. The van der Waals surface area contributed by atoms with Gasteiger partial charge in [0.25, 0.3) is 0 Å². The van der Waals surface area contributed by atoms with Gasteiger partial charge in [-0.05, 0) is 29.0 Å². The highest BCUT2D eigenvalue weighted by molar-refractivity contribution is 8.02. The van der Waals surface area contributed by atoms with E-state index in [1.54, 1.807) is 12.1 Å². The minimum absolute atomic E-state index is 0.0130. The maximum atomic E-state index is 12.9. The van der Waals surface area contributed by atoms with Crippen LogP contribution in [-0.4, -0.2) is 19.9 Å². The molecule has 2 rings (SSSR count). The van der Waals surface area contributed by atoms with E-state index in [1.807, 2.05) is 0 Å². The molecule has 0 radical (unpaired) electrons. The molecule has 0 aliphatic carbocycles. The van der Waals surface area contributed by atoms with Crippen LogP contribution in [0.3, 0.4) is 0 Å². The average Bonchev–Trinajstić information content (AvgIpc) is 2.29. The van der Waals surface area contributed by atoms with E-state index in [0.717, 1.165) is 0 Å². The topological polar surface area (TPSA) is 34.1 Å². The first kappa shape index (κ1) is 14.9. The number of benzene rings is 1. The Balaban J connectivity index is 2.23. The Morgan fingerprint density at radius 2 is 1.53 bits per heavy atom. The number of hydrogen-bond acceptors (Lipinski definition) is 2. The summed E-state index contributed by atoms with van der Waals surface area (Å²) < 4.78 is 37.2. The molecule has 5 heteroatoms. The van der Waals surface area contributed by atoms with Crippen LogP contribution in [0, 0.1) is 17.2 Å². The van der Waals surface area contributed by atoms with Crippen molar-refractivity contribution in [3.63, 3.8) is 0 Å². The van der Waals surface area contributed by atoms with Crippen molar-refractivity contribution < 1.29 is 12.8 Å². The summed E-state index contributed by atoms with van der Waals surface area (Å²) in [4.78, 5) is 0. The van der Waals surface area contributed by atoms with Gasteiger partial charge in [0.15, 0.2) is 0 Å². The smallest absolute Gasteiger partial charge is 0.135 e. The van der Waals surface area contributed by atoms with Gasteiger partial charge in [-0.1, -0.05) is 32.9 Å². The monoisotopic (exact) mass is 302 g/mol. The Kier molecular flexibility index (Phi) is 4.26. The summed E-state index contributed by atoms with van der Waals surface area (Å²) in [5.74, 6) is 1.00. The summed E-state index contributed by atoms with van der Waals surface area (Å²) in [6.07, 6.45) is 0. The molecular weight excluding hydrogens is 283 g/mol. The lowest BCUT2D eigenvalue weighted by Crippen LogP contribution is -2.38. The van der Waals surface area contributed by atoms with Gasteiger partial charge in [-0.15, -0.1) is 0 Å². The van der Waals surface area contributed by atoms with E-state index in [4.69, 9.17) is 0 Å². The van der Waals surface area contributed by atoms with Crippen molar-refractivity contribution in [2.45, 2.75) is 25.4 Å². The molecule has 0 bridgehead atoms. The fourth-order valence-electron chi connectivity index (χ4n) is 2.16. The van der Waals surface area contributed by atoms with Crippen molar-refractivity contribution in [3.05, 3.63) is 35.6 Å². The van der Waals surface area contributed by atoms with Gasteiger partial charge >= 0.3 is 0 Å². The third-order valence-electron chi connectivity index (χ3n) is 3.58. The van der Waals surface area contributed by atoms with Crippen molar-refractivity contribution in [2.24, 2.45) is 11.3 Å². The normalized spacial score (nSPS) is 32.2. The molecule has 2 nitrogen and oxygen atoms in total. The Hall–Kier alpha value is -0.550. The van der Waals surface area contributed by atoms with Crippen LogP contribution in [0.2, 0.25) is 0 Å². The summed E-state index contributed by atoms with van der Waals surface area (Å²) >= 11 is 0. The Morgan fingerprint density at radius 1 is 1.05 bits per heavy atom. The fourth-order valence-corrected chi connectivity index (χ4v) is 7.04. The average molecular weight is 302 g/mol. The van der Waals surface area contributed by atoms with Crippen molar-refractivity contribution in [2.75, 3.05) is 11.5 Å². The minimum atomic E-state index is -1.16. The van der Waals surface area contributed by atoms with E-state index in [-0.39, 0.29) is 17.2 Å². The van der Waals surface area contributed by atoms with Gasteiger partial charge in [0, 0.05) is 33.1 Å². The lowest BCUT2D eigenvalue weighted by molar-refractivity contribution is 0.289. The predicted molar refractivity (Wildman–Crippen MR) is 78.1 cm³/mol. The molecule has 0 aromatic heterocycles. The first-order valence-electron chi connectivity index (χ1n) is 6.29. The lowest BCUT2D eigenvalue weighted by atomic mass is 9.83. The van der Waals surface area contributed by atoms with Crippen LogP contribution >= 0.6 is 0 Å². The summed E-state index contributed by atoms with van der Waals surface area (Å²) in [6.45, 7) is 6.26. The van der Waals surface area contributed by atoms with Crippen LogP contribution in [0.25, 0.3) is 0 Å². The Bertz CT molecular complexity index is 487. The van der Waals surface area contributed by atoms with E-state index < -0.39 is 26.2 Å².